The van der Waals surface area contributed by atoms with E-state index in [1.54, 1.807) is 31.4 Å². The molecule has 1 aliphatic carbocycles. The van der Waals surface area contributed by atoms with Crippen molar-refractivity contribution in [2.45, 2.75) is 62.7 Å². The molecule has 5 rings (SSSR count). The fourth-order valence-electron chi connectivity index (χ4n) is 6.49. The van der Waals surface area contributed by atoms with E-state index in [-0.39, 0.29) is 18.4 Å². The first-order valence-electron chi connectivity index (χ1n) is 14.8. The van der Waals surface area contributed by atoms with Crippen LogP contribution in [0.2, 0.25) is 0 Å². The van der Waals surface area contributed by atoms with Gasteiger partial charge in [-0.2, -0.15) is 0 Å². The number of ether oxygens (including phenoxy) is 2. The molecule has 2 aliphatic rings. The van der Waals surface area contributed by atoms with E-state index < -0.39 is 41.8 Å². The summed E-state index contributed by atoms with van der Waals surface area (Å²) >= 11 is 0. The lowest BCUT2D eigenvalue weighted by molar-refractivity contribution is -0.146. The van der Waals surface area contributed by atoms with E-state index in [1.807, 2.05) is 42.5 Å². The molecule has 8 nitrogen and oxygen atoms in total. The molecular formula is C34H38FN3O5. The number of methoxy groups -OCH3 is 2. The van der Waals surface area contributed by atoms with Crippen LogP contribution in [0.15, 0.2) is 78.9 Å². The molecule has 1 saturated carbocycles. The van der Waals surface area contributed by atoms with E-state index in [0.29, 0.717) is 16.9 Å². The van der Waals surface area contributed by atoms with Gasteiger partial charge in [-0.15, -0.1) is 0 Å². The van der Waals surface area contributed by atoms with Gasteiger partial charge in [-0.05, 0) is 53.8 Å². The molecule has 4 atom stereocenters. The molecule has 3 aromatic carbocycles. The number of nitrogens with one attached hydrogen (secondary N) is 2. The number of halogens is 1. The van der Waals surface area contributed by atoms with Crippen LogP contribution in [-0.4, -0.2) is 49.1 Å². The number of amides is 3. The lowest BCUT2D eigenvalue weighted by Crippen LogP contribution is -2.53. The third-order valence-corrected chi connectivity index (χ3v) is 8.60. The second-order valence-corrected chi connectivity index (χ2v) is 11.2. The number of hydrogen-bond donors (Lipinski definition) is 2. The number of esters is 1. The van der Waals surface area contributed by atoms with E-state index in [2.05, 4.69) is 10.6 Å². The average molecular weight is 588 g/mol. The Bertz CT molecular complexity index is 1390. The third kappa shape index (κ3) is 6.66. The third-order valence-electron chi connectivity index (χ3n) is 8.60. The Hall–Kier alpha value is -4.40. The van der Waals surface area contributed by atoms with Crippen molar-refractivity contribution < 1.29 is 28.2 Å². The molecule has 2 N–H and O–H groups in total. The Morgan fingerprint density at radius 2 is 1.53 bits per heavy atom. The molecule has 1 heterocycles. The molecule has 43 heavy (non-hydrogen) atoms. The standard InChI is InChI=1S/C34H38FN3O5/c1-42-27-19-15-24(16-20-27)30-29(33(40)43-2)28(23-9-5-3-6-10-23)31(32(39)36-21-22-13-17-25(35)18-14-22)38(30)34(41)37-26-11-7-4-8-12-26/h3,5-6,9-10,13-20,26,28-31H,4,7-8,11-12,21H2,1-2H3,(H,36,39)(H,37,41). The highest BCUT2D eigenvalue weighted by atomic mass is 19.1. The maximum absolute atomic E-state index is 14.3. The molecule has 0 aromatic heterocycles. The maximum Gasteiger partial charge on any atom is 0.318 e. The van der Waals surface area contributed by atoms with Gasteiger partial charge in [0.2, 0.25) is 5.91 Å². The van der Waals surface area contributed by atoms with Crippen LogP contribution in [0, 0.1) is 11.7 Å². The fraction of sp³-hybridized carbons (Fsp3) is 0.382. The second-order valence-electron chi connectivity index (χ2n) is 11.2. The summed E-state index contributed by atoms with van der Waals surface area (Å²) in [5, 5.41) is 6.15. The van der Waals surface area contributed by atoms with Gasteiger partial charge < -0.3 is 25.0 Å². The van der Waals surface area contributed by atoms with Gasteiger partial charge in [0.1, 0.15) is 17.6 Å². The molecule has 4 unspecified atom stereocenters. The Labute approximate surface area is 251 Å². The van der Waals surface area contributed by atoms with Crippen molar-refractivity contribution in [2.75, 3.05) is 14.2 Å². The number of carbonyl (C=O) groups is 3. The average Bonchev–Trinajstić information content (AvgIpc) is 3.41. The molecule has 3 amide bonds. The highest BCUT2D eigenvalue weighted by Crippen LogP contribution is 2.50. The number of hydrogen-bond acceptors (Lipinski definition) is 5. The summed E-state index contributed by atoms with van der Waals surface area (Å²) in [6.45, 7) is 0.130. The van der Waals surface area contributed by atoms with Crippen LogP contribution < -0.4 is 15.4 Å². The fourth-order valence-corrected chi connectivity index (χ4v) is 6.49. The molecule has 0 radical (unpaired) electrons. The summed E-state index contributed by atoms with van der Waals surface area (Å²) in [5.41, 5.74) is 2.13. The second kappa shape index (κ2) is 13.7. The van der Waals surface area contributed by atoms with Crippen molar-refractivity contribution in [1.82, 2.24) is 15.5 Å². The minimum absolute atomic E-state index is 0.0203. The van der Waals surface area contributed by atoms with Crippen LogP contribution in [0.1, 0.15) is 60.8 Å². The Balaban J connectivity index is 1.60. The smallest absolute Gasteiger partial charge is 0.318 e. The van der Waals surface area contributed by atoms with Gasteiger partial charge in [0, 0.05) is 18.5 Å². The SMILES string of the molecule is COC(=O)C1C(c2ccccc2)C(C(=O)NCc2ccc(F)cc2)N(C(=O)NC2CCCCC2)C1c1ccc(OC)cc1. The maximum atomic E-state index is 14.3. The zero-order chi connectivity index (χ0) is 30.3. The number of rotatable bonds is 8. The van der Waals surface area contributed by atoms with E-state index in [0.717, 1.165) is 37.7 Å². The summed E-state index contributed by atoms with van der Waals surface area (Å²) in [5.74, 6) is -2.25. The lowest BCUT2D eigenvalue weighted by Gasteiger charge is -2.34. The first kappa shape index (κ1) is 30.1. The minimum Gasteiger partial charge on any atom is -0.497 e. The van der Waals surface area contributed by atoms with Crippen LogP contribution in [0.3, 0.4) is 0 Å². The monoisotopic (exact) mass is 587 g/mol. The Morgan fingerprint density at radius 3 is 2.16 bits per heavy atom. The highest BCUT2D eigenvalue weighted by molar-refractivity contribution is 5.92. The van der Waals surface area contributed by atoms with Crippen LogP contribution in [0.4, 0.5) is 9.18 Å². The predicted molar refractivity (Wildman–Crippen MR) is 160 cm³/mol. The van der Waals surface area contributed by atoms with Gasteiger partial charge in [0.25, 0.3) is 0 Å². The van der Waals surface area contributed by atoms with Gasteiger partial charge in [0.15, 0.2) is 0 Å². The Morgan fingerprint density at radius 1 is 0.860 bits per heavy atom. The van der Waals surface area contributed by atoms with Crippen molar-refractivity contribution in [2.24, 2.45) is 5.92 Å². The molecule has 2 fully saturated rings. The molecule has 0 bridgehead atoms. The molecule has 226 valence electrons. The van der Waals surface area contributed by atoms with Gasteiger partial charge in [-0.1, -0.05) is 73.9 Å². The van der Waals surface area contributed by atoms with Crippen molar-refractivity contribution in [3.8, 4) is 5.75 Å². The first-order valence-corrected chi connectivity index (χ1v) is 14.8. The summed E-state index contributed by atoms with van der Waals surface area (Å²) < 4.78 is 24.2. The molecule has 9 heteroatoms. The van der Waals surface area contributed by atoms with Crippen LogP contribution in [0.5, 0.6) is 5.75 Å². The van der Waals surface area contributed by atoms with Gasteiger partial charge in [0.05, 0.1) is 26.2 Å². The number of benzene rings is 3. The molecule has 1 saturated heterocycles. The van der Waals surface area contributed by atoms with E-state index in [9.17, 15) is 18.8 Å². The summed E-state index contributed by atoms with van der Waals surface area (Å²) in [7, 11) is 2.89. The van der Waals surface area contributed by atoms with Crippen LogP contribution >= 0.6 is 0 Å². The number of likely N-dealkylation sites (tertiary alicyclic amines) is 1. The number of urea groups is 1. The predicted octanol–water partition coefficient (Wildman–Crippen LogP) is 5.49. The summed E-state index contributed by atoms with van der Waals surface area (Å²) in [6, 6.07) is 20.1. The lowest BCUT2D eigenvalue weighted by atomic mass is 9.79. The highest BCUT2D eigenvalue weighted by Gasteiger charge is 2.58. The Kier molecular flexibility index (Phi) is 9.59. The van der Waals surface area contributed by atoms with Gasteiger partial charge in [-0.25, -0.2) is 9.18 Å². The molecule has 0 spiro atoms. The minimum atomic E-state index is -1.04. The van der Waals surface area contributed by atoms with Gasteiger partial charge in [-0.3, -0.25) is 9.59 Å². The van der Waals surface area contributed by atoms with Crippen molar-refractivity contribution in [3.05, 3.63) is 101 Å². The van der Waals surface area contributed by atoms with Gasteiger partial charge >= 0.3 is 12.0 Å². The quantitative estimate of drug-likeness (QED) is 0.340. The van der Waals surface area contributed by atoms with E-state index >= 15 is 0 Å². The molecular weight excluding hydrogens is 549 g/mol. The number of nitrogens with zero attached hydrogens (tertiary/aromatic N) is 1. The largest absolute Gasteiger partial charge is 0.497 e. The van der Waals surface area contributed by atoms with Crippen LogP contribution in [-0.2, 0) is 20.9 Å². The zero-order valence-electron chi connectivity index (χ0n) is 24.5. The first-order chi connectivity index (χ1) is 20.9. The van der Waals surface area contributed by atoms with Crippen molar-refractivity contribution >= 4 is 17.9 Å². The zero-order valence-corrected chi connectivity index (χ0v) is 24.5. The van der Waals surface area contributed by atoms with Crippen LogP contribution in [0.25, 0.3) is 0 Å². The van der Waals surface area contributed by atoms with Crippen molar-refractivity contribution in [1.29, 1.82) is 0 Å². The summed E-state index contributed by atoms with van der Waals surface area (Å²) in [4.78, 5) is 43.7. The summed E-state index contributed by atoms with van der Waals surface area (Å²) in [6.07, 6.45) is 4.88. The molecule has 3 aromatic rings. The van der Waals surface area contributed by atoms with Crippen molar-refractivity contribution in [3.63, 3.8) is 0 Å². The molecule has 1 aliphatic heterocycles. The normalized spacial score (nSPS) is 22.1. The van der Waals surface area contributed by atoms with E-state index in [4.69, 9.17) is 9.47 Å². The van der Waals surface area contributed by atoms with E-state index in [1.165, 1.54) is 24.1 Å². The number of carbonyl (C=O) groups excluding carboxylic acids is 3. The topological polar surface area (TPSA) is 97.0 Å².